The number of anilines is 1. The summed E-state index contributed by atoms with van der Waals surface area (Å²) in [5.41, 5.74) is 2.25. The largest absolute Gasteiger partial charge is 0.325 e. The summed E-state index contributed by atoms with van der Waals surface area (Å²) in [6.07, 6.45) is 6.04. The van der Waals surface area contributed by atoms with Crippen LogP contribution in [0.5, 0.6) is 0 Å². The van der Waals surface area contributed by atoms with Crippen molar-refractivity contribution in [2.75, 3.05) is 18.4 Å². The van der Waals surface area contributed by atoms with Gasteiger partial charge >= 0.3 is 0 Å². The molecule has 0 heterocycles. The van der Waals surface area contributed by atoms with Crippen LogP contribution in [0.15, 0.2) is 24.3 Å². The lowest BCUT2D eigenvalue weighted by Crippen LogP contribution is -2.34. The van der Waals surface area contributed by atoms with Crippen molar-refractivity contribution in [2.24, 2.45) is 0 Å². The number of hydrogen-bond acceptors (Lipinski definition) is 2. The number of carbonyl (C=O) groups is 1. The summed E-state index contributed by atoms with van der Waals surface area (Å²) < 4.78 is 0. The molecule has 0 unspecified atom stereocenters. The molecular weight excluding hydrogens is 248 g/mol. The zero-order valence-corrected chi connectivity index (χ0v) is 12.7. The minimum Gasteiger partial charge on any atom is -0.325 e. The van der Waals surface area contributed by atoms with E-state index in [1.165, 1.54) is 31.2 Å². The van der Waals surface area contributed by atoms with Gasteiger partial charge in [-0.1, -0.05) is 32.4 Å². The molecule has 0 aromatic heterocycles. The zero-order chi connectivity index (χ0) is 14.4. The maximum Gasteiger partial charge on any atom is 0.238 e. The van der Waals surface area contributed by atoms with Gasteiger partial charge in [-0.15, -0.1) is 0 Å². The summed E-state index contributed by atoms with van der Waals surface area (Å²) in [4.78, 5) is 14.3. The van der Waals surface area contributed by atoms with Crippen LogP contribution < -0.4 is 5.32 Å². The fourth-order valence-electron chi connectivity index (χ4n) is 2.46. The molecule has 0 radical (unpaired) electrons. The van der Waals surface area contributed by atoms with E-state index >= 15 is 0 Å². The highest BCUT2D eigenvalue weighted by Crippen LogP contribution is 2.26. The monoisotopic (exact) mass is 274 g/mol. The second-order valence-corrected chi connectivity index (χ2v) is 5.64. The van der Waals surface area contributed by atoms with Crippen molar-refractivity contribution in [3.05, 3.63) is 29.8 Å². The van der Waals surface area contributed by atoms with Crippen LogP contribution in [0, 0.1) is 0 Å². The summed E-state index contributed by atoms with van der Waals surface area (Å²) in [6, 6.07) is 8.89. The van der Waals surface area contributed by atoms with Crippen LogP contribution in [0.25, 0.3) is 0 Å². The van der Waals surface area contributed by atoms with Gasteiger partial charge in [-0.05, 0) is 49.9 Å². The van der Waals surface area contributed by atoms with Gasteiger partial charge in [0.1, 0.15) is 0 Å². The third kappa shape index (κ3) is 4.64. The van der Waals surface area contributed by atoms with Gasteiger partial charge in [-0.25, -0.2) is 0 Å². The van der Waals surface area contributed by atoms with Crippen molar-refractivity contribution >= 4 is 11.6 Å². The van der Waals surface area contributed by atoms with Crippen LogP contribution in [0.3, 0.4) is 0 Å². The van der Waals surface area contributed by atoms with Gasteiger partial charge in [-0.2, -0.15) is 0 Å². The van der Waals surface area contributed by atoms with E-state index in [1.54, 1.807) is 0 Å². The van der Waals surface area contributed by atoms with Crippen molar-refractivity contribution in [3.63, 3.8) is 0 Å². The van der Waals surface area contributed by atoms with Crippen LogP contribution >= 0.6 is 0 Å². The third-order valence-electron chi connectivity index (χ3n) is 3.87. The first-order valence-corrected chi connectivity index (χ1v) is 7.85. The van der Waals surface area contributed by atoms with Crippen LogP contribution in [-0.2, 0) is 11.2 Å². The van der Waals surface area contributed by atoms with Gasteiger partial charge in [0.2, 0.25) is 5.91 Å². The van der Waals surface area contributed by atoms with E-state index in [2.05, 4.69) is 36.2 Å². The summed E-state index contributed by atoms with van der Waals surface area (Å²) in [5.74, 6) is 0.0973. The molecule has 0 aliphatic heterocycles. The Morgan fingerprint density at radius 3 is 2.50 bits per heavy atom. The number of rotatable bonds is 8. The number of nitrogens with zero attached hydrogens (tertiary/aromatic N) is 1. The van der Waals surface area contributed by atoms with Gasteiger partial charge in [0.15, 0.2) is 0 Å². The van der Waals surface area contributed by atoms with Gasteiger partial charge in [0.25, 0.3) is 0 Å². The minimum atomic E-state index is 0.0973. The number of amides is 1. The van der Waals surface area contributed by atoms with Crippen molar-refractivity contribution in [1.29, 1.82) is 0 Å². The first-order chi connectivity index (χ1) is 9.72. The number of hydrogen-bond donors (Lipinski definition) is 1. The Morgan fingerprint density at radius 2 is 1.95 bits per heavy atom. The van der Waals surface area contributed by atoms with Crippen molar-refractivity contribution in [3.8, 4) is 0 Å². The Labute approximate surface area is 122 Å². The fraction of sp³-hybridized carbons (Fsp3) is 0.588. The lowest BCUT2D eigenvalue weighted by Gasteiger charge is -2.19. The molecule has 0 atom stereocenters. The molecule has 3 heteroatoms. The first kappa shape index (κ1) is 15.0. The van der Waals surface area contributed by atoms with E-state index in [0.29, 0.717) is 12.6 Å². The standard InChI is InChI=1S/C17H26N2O/c1-3-5-6-14-7-9-15(10-8-14)18-17(20)13-19(4-2)16-11-12-16/h7-10,16H,3-6,11-13H2,1-2H3,(H,18,20). The number of likely N-dealkylation sites (N-methyl/N-ethyl adjacent to an activating group) is 1. The molecule has 1 saturated carbocycles. The van der Waals surface area contributed by atoms with Crippen molar-refractivity contribution < 1.29 is 4.79 Å². The Bertz CT molecular complexity index is 423. The molecule has 0 bridgehead atoms. The summed E-state index contributed by atoms with van der Waals surface area (Å²) >= 11 is 0. The second kappa shape index (κ2) is 7.44. The van der Waals surface area contributed by atoms with Crippen LogP contribution in [-0.4, -0.2) is 29.9 Å². The predicted octanol–water partition coefficient (Wildman–Crippen LogP) is 3.45. The van der Waals surface area contributed by atoms with Crippen LogP contribution in [0.4, 0.5) is 5.69 Å². The normalized spacial score (nSPS) is 14.6. The smallest absolute Gasteiger partial charge is 0.238 e. The van der Waals surface area contributed by atoms with E-state index < -0.39 is 0 Å². The molecule has 1 aromatic rings. The maximum atomic E-state index is 12.0. The zero-order valence-electron chi connectivity index (χ0n) is 12.7. The summed E-state index contributed by atoms with van der Waals surface area (Å²) in [7, 11) is 0. The molecule has 110 valence electrons. The minimum absolute atomic E-state index is 0.0973. The quantitative estimate of drug-likeness (QED) is 0.787. The highest BCUT2D eigenvalue weighted by Gasteiger charge is 2.28. The molecule has 1 N–H and O–H groups in total. The molecule has 2 rings (SSSR count). The fourth-order valence-corrected chi connectivity index (χ4v) is 2.46. The highest BCUT2D eigenvalue weighted by molar-refractivity contribution is 5.92. The number of aryl methyl sites for hydroxylation is 1. The number of nitrogens with one attached hydrogen (secondary N) is 1. The lowest BCUT2D eigenvalue weighted by molar-refractivity contribution is -0.117. The predicted molar refractivity (Wildman–Crippen MR) is 84.0 cm³/mol. The number of benzene rings is 1. The molecule has 0 spiro atoms. The van der Waals surface area contributed by atoms with Crippen LogP contribution in [0.1, 0.15) is 45.1 Å². The number of unbranched alkanes of at least 4 members (excludes halogenated alkanes) is 1. The molecule has 20 heavy (non-hydrogen) atoms. The maximum absolute atomic E-state index is 12.0. The molecule has 1 aliphatic carbocycles. The van der Waals surface area contributed by atoms with Gasteiger partial charge in [-0.3, -0.25) is 9.69 Å². The Morgan fingerprint density at radius 1 is 1.25 bits per heavy atom. The average molecular weight is 274 g/mol. The summed E-state index contributed by atoms with van der Waals surface area (Å²) in [6.45, 7) is 5.79. The molecule has 1 amide bonds. The Kier molecular flexibility index (Phi) is 5.60. The van der Waals surface area contributed by atoms with Crippen molar-refractivity contribution in [2.45, 2.75) is 52.0 Å². The van der Waals surface area contributed by atoms with E-state index in [-0.39, 0.29) is 5.91 Å². The Hall–Kier alpha value is -1.35. The van der Waals surface area contributed by atoms with Gasteiger partial charge < -0.3 is 5.32 Å². The highest BCUT2D eigenvalue weighted by atomic mass is 16.2. The van der Waals surface area contributed by atoms with Gasteiger partial charge in [0.05, 0.1) is 6.54 Å². The lowest BCUT2D eigenvalue weighted by atomic mass is 10.1. The molecule has 3 nitrogen and oxygen atoms in total. The topological polar surface area (TPSA) is 32.3 Å². The molecule has 1 aliphatic rings. The molecular formula is C17H26N2O. The molecule has 1 fully saturated rings. The summed E-state index contributed by atoms with van der Waals surface area (Å²) in [5, 5.41) is 2.99. The van der Waals surface area contributed by atoms with E-state index in [9.17, 15) is 4.79 Å². The van der Waals surface area contributed by atoms with E-state index in [0.717, 1.165) is 18.7 Å². The van der Waals surface area contributed by atoms with Crippen LogP contribution in [0.2, 0.25) is 0 Å². The molecule has 0 saturated heterocycles. The SMILES string of the molecule is CCCCc1ccc(NC(=O)CN(CC)C2CC2)cc1. The number of carbonyl (C=O) groups excluding carboxylic acids is 1. The second-order valence-electron chi connectivity index (χ2n) is 5.64. The average Bonchev–Trinajstić information content (AvgIpc) is 3.28. The first-order valence-electron chi connectivity index (χ1n) is 7.85. The van der Waals surface area contributed by atoms with E-state index in [1.807, 2.05) is 12.1 Å². The Balaban J connectivity index is 1.81. The molecule has 1 aromatic carbocycles. The van der Waals surface area contributed by atoms with Gasteiger partial charge in [0, 0.05) is 11.7 Å². The van der Waals surface area contributed by atoms with Crippen molar-refractivity contribution in [1.82, 2.24) is 4.90 Å². The van der Waals surface area contributed by atoms with E-state index in [4.69, 9.17) is 0 Å². The third-order valence-corrected chi connectivity index (χ3v) is 3.87.